The molecule has 0 spiro atoms. The van der Waals surface area contributed by atoms with E-state index in [1.165, 1.54) is 11.3 Å². The van der Waals surface area contributed by atoms with Crippen LogP contribution in [0.2, 0.25) is 0 Å². The van der Waals surface area contributed by atoms with Crippen LogP contribution in [0.1, 0.15) is 29.2 Å². The first-order valence-corrected chi connectivity index (χ1v) is 10.4. The van der Waals surface area contributed by atoms with Gasteiger partial charge in [0.1, 0.15) is 9.71 Å². The van der Waals surface area contributed by atoms with Gasteiger partial charge in [0.15, 0.2) is 6.61 Å². The Morgan fingerprint density at radius 2 is 1.90 bits per heavy atom. The number of esters is 1. The summed E-state index contributed by atoms with van der Waals surface area (Å²) >= 11 is 1.32. The van der Waals surface area contributed by atoms with Crippen molar-refractivity contribution in [1.29, 1.82) is 0 Å². The molecule has 0 radical (unpaired) electrons. The van der Waals surface area contributed by atoms with Crippen molar-refractivity contribution in [3.63, 3.8) is 0 Å². The van der Waals surface area contributed by atoms with E-state index in [4.69, 9.17) is 9.47 Å². The van der Waals surface area contributed by atoms with Crippen molar-refractivity contribution >= 4 is 33.4 Å². The number of para-hydroxylation sites is 1. The molecule has 1 saturated heterocycles. The zero-order valence-corrected chi connectivity index (χ0v) is 17.4. The Hall–Kier alpha value is -2.71. The lowest BCUT2D eigenvalue weighted by Gasteiger charge is -2.35. The predicted molar refractivity (Wildman–Crippen MR) is 111 cm³/mol. The van der Waals surface area contributed by atoms with Crippen molar-refractivity contribution in [2.45, 2.75) is 33.0 Å². The van der Waals surface area contributed by atoms with Gasteiger partial charge in [0.05, 0.1) is 23.6 Å². The summed E-state index contributed by atoms with van der Waals surface area (Å²) in [6.45, 7) is 6.52. The van der Waals surface area contributed by atoms with Gasteiger partial charge in [-0.3, -0.25) is 4.79 Å². The molecule has 1 amide bonds. The molecular formula is C21H23N3O4S. The fourth-order valence-electron chi connectivity index (χ4n) is 3.56. The summed E-state index contributed by atoms with van der Waals surface area (Å²) < 4.78 is 12.8. The van der Waals surface area contributed by atoms with Gasteiger partial charge in [0.25, 0.3) is 5.91 Å². The smallest absolute Gasteiger partial charge is 0.348 e. The number of morpholine rings is 1. The minimum atomic E-state index is -0.493. The quantitative estimate of drug-likeness (QED) is 0.614. The number of hydrogen-bond donors (Lipinski definition) is 0. The minimum absolute atomic E-state index is 0.0232. The second kappa shape index (κ2) is 7.96. The molecule has 4 rings (SSSR count). The summed E-state index contributed by atoms with van der Waals surface area (Å²) in [4.78, 5) is 28.0. The van der Waals surface area contributed by atoms with E-state index in [2.05, 4.69) is 5.10 Å². The number of amides is 1. The molecule has 152 valence electrons. The average Bonchev–Trinajstić information content (AvgIpc) is 3.26. The molecule has 0 unspecified atom stereocenters. The first-order valence-electron chi connectivity index (χ1n) is 9.57. The highest BCUT2D eigenvalue weighted by Gasteiger charge is 2.27. The fourth-order valence-corrected chi connectivity index (χ4v) is 4.64. The van der Waals surface area contributed by atoms with Crippen LogP contribution in [-0.4, -0.2) is 58.5 Å². The van der Waals surface area contributed by atoms with Crippen molar-refractivity contribution in [3.8, 4) is 5.69 Å². The van der Waals surface area contributed by atoms with Crippen LogP contribution in [-0.2, 0) is 14.3 Å². The van der Waals surface area contributed by atoms with E-state index in [1.807, 2.05) is 55.8 Å². The van der Waals surface area contributed by atoms with Crippen molar-refractivity contribution in [3.05, 3.63) is 47.0 Å². The van der Waals surface area contributed by atoms with Crippen molar-refractivity contribution in [1.82, 2.24) is 14.7 Å². The van der Waals surface area contributed by atoms with Crippen LogP contribution < -0.4 is 0 Å². The van der Waals surface area contributed by atoms with E-state index in [-0.39, 0.29) is 24.7 Å². The van der Waals surface area contributed by atoms with E-state index in [9.17, 15) is 9.59 Å². The number of carbonyl (C=O) groups is 2. The lowest BCUT2D eigenvalue weighted by atomic mass is 10.2. The number of carbonyl (C=O) groups excluding carboxylic acids is 2. The van der Waals surface area contributed by atoms with Crippen LogP contribution in [0.15, 0.2) is 36.4 Å². The third-order valence-corrected chi connectivity index (χ3v) is 5.94. The molecule has 2 atom stereocenters. The van der Waals surface area contributed by atoms with Gasteiger partial charge in [0.2, 0.25) is 0 Å². The lowest BCUT2D eigenvalue weighted by molar-refractivity contribution is -0.146. The number of aryl methyl sites for hydroxylation is 1. The monoisotopic (exact) mass is 413 g/mol. The highest BCUT2D eigenvalue weighted by Crippen LogP contribution is 2.30. The van der Waals surface area contributed by atoms with E-state index in [0.717, 1.165) is 21.6 Å². The van der Waals surface area contributed by atoms with E-state index in [1.54, 1.807) is 11.0 Å². The van der Waals surface area contributed by atoms with Crippen molar-refractivity contribution < 1.29 is 19.1 Å². The highest BCUT2D eigenvalue weighted by atomic mass is 32.1. The predicted octanol–water partition coefficient (Wildman–Crippen LogP) is 3.19. The molecule has 2 aromatic heterocycles. The van der Waals surface area contributed by atoms with Gasteiger partial charge < -0.3 is 14.4 Å². The normalized spacial score (nSPS) is 19.5. The number of aromatic nitrogens is 2. The molecule has 3 aromatic rings. The van der Waals surface area contributed by atoms with Gasteiger partial charge in [-0.15, -0.1) is 11.3 Å². The molecule has 7 nitrogen and oxygen atoms in total. The van der Waals surface area contributed by atoms with Gasteiger partial charge in [-0.25, -0.2) is 9.48 Å². The number of benzene rings is 1. The first-order chi connectivity index (χ1) is 13.9. The largest absolute Gasteiger partial charge is 0.451 e. The van der Waals surface area contributed by atoms with Gasteiger partial charge >= 0.3 is 5.97 Å². The molecule has 3 heterocycles. The average molecular weight is 413 g/mol. The van der Waals surface area contributed by atoms with Crippen LogP contribution in [0.25, 0.3) is 15.9 Å². The number of ether oxygens (including phenoxy) is 2. The van der Waals surface area contributed by atoms with Gasteiger partial charge in [-0.05, 0) is 39.0 Å². The summed E-state index contributed by atoms with van der Waals surface area (Å²) in [5.74, 6) is -0.693. The second-order valence-electron chi connectivity index (χ2n) is 7.29. The maximum atomic E-state index is 12.6. The van der Waals surface area contributed by atoms with Crippen LogP contribution in [0.5, 0.6) is 0 Å². The number of rotatable bonds is 4. The second-order valence-corrected chi connectivity index (χ2v) is 8.33. The van der Waals surface area contributed by atoms with E-state index >= 15 is 0 Å². The van der Waals surface area contributed by atoms with Gasteiger partial charge in [-0.2, -0.15) is 5.10 Å². The maximum absolute atomic E-state index is 12.6. The van der Waals surface area contributed by atoms with Crippen molar-refractivity contribution in [2.75, 3.05) is 19.7 Å². The zero-order chi connectivity index (χ0) is 20.5. The molecule has 0 saturated carbocycles. The number of thiophene rings is 1. The van der Waals surface area contributed by atoms with Crippen LogP contribution in [0, 0.1) is 6.92 Å². The number of nitrogens with zero attached hydrogens (tertiary/aromatic N) is 3. The molecule has 1 aromatic carbocycles. The first kappa shape index (κ1) is 19.6. The Kier molecular flexibility index (Phi) is 5.38. The highest BCUT2D eigenvalue weighted by molar-refractivity contribution is 7.20. The standard InChI is InChI=1S/C21H23N3O4S/c1-13-10-23(11-14(2)28-13)19(25)12-27-21(26)18-9-17-15(3)22-24(20(17)29-18)16-7-5-4-6-8-16/h4-9,13-14H,10-12H2,1-3H3/t13-,14+. The van der Waals surface area contributed by atoms with Gasteiger partial charge in [-0.1, -0.05) is 18.2 Å². The Morgan fingerprint density at radius 3 is 2.59 bits per heavy atom. The van der Waals surface area contributed by atoms with E-state index in [0.29, 0.717) is 18.0 Å². The summed E-state index contributed by atoms with van der Waals surface area (Å²) in [5, 5.41) is 5.48. The maximum Gasteiger partial charge on any atom is 0.348 e. The van der Waals surface area contributed by atoms with Gasteiger partial charge in [0, 0.05) is 18.5 Å². The Labute approximate surface area is 172 Å². The zero-order valence-electron chi connectivity index (χ0n) is 16.6. The molecular weight excluding hydrogens is 390 g/mol. The molecule has 0 N–H and O–H groups in total. The summed E-state index contributed by atoms with van der Waals surface area (Å²) in [5.41, 5.74) is 1.77. The van der Waals surface area contributed by atoms with Crippen molar-refractivity contribution in [2.24, 2.45) is 0 Å². The molecule has 8 heteroatoms. The topological polar surface area (TPSA) is 73.7 Å². The summed E-state index contributed by atoms with van der Waals surface area (Å²) in [6.07, 6.45) is -0.0465. The van der Waals surface area contributed by atoms with Crippen LogP contribution in [0.3, 0.4) is 0 Å². The Balaban J connectivity index is 1.47. The number of hydrogen-bond acceptors (Lipinski definition) is 6. The third-order valence-electron chi connectivity index (χ3n) is 4.85. The Bertz CT molecular complexity index is 1030. The van der Waals surface area contributed by atoms with Crippen LogP contribution >= 0.6 is 11.3 Å². The minimum Gasteiger partial charge on any atom is -0.451 e. The molecule has 0 aliphatic carbocycles. The molecule has 1 aliphatic heterocycles. The SMILES string of the molecule is Cc1nn(-c2ccccc2)c2sc(C(=O)OCC(=O)N3C[C@@H](C)O[C@@H](C)C3)cc12. The molecule has 29 heavy (non-hydrogen) atoms. The molecule has 1 aliphatic rings. The lowest BCUT2D eigenvalue weighted by Crippen LogP contribution is -2.49. The van der Waals surface area contributed by atoms with Crippen LogP contribution in [0.4, 0.5) is 0 Å². The summed E-state index contributed by atoms with van der Waals surface area (Å²) in [7, 11) is 0. The summed E-state index contributed by atoms with van der Waals surface area (Å²) in [6, 6.07) is 11.5. The fraction of sp³-hybridized carbons (Fsp3) is 0.381. The molecule has 0 bridgehead atoms. The molecule has 1 fully saturated rings. The number of fused-ring (bicyclic) bond motifs is 1. The Morgan fingerprint density at radius 1 is 1.21 bits per heavy atom. The third kappa shape index (κ3) is 4.04. The van der Waals surface area contributed by atoms with E-state index < -0.39 is 5.97 Å².